The molecule has 0 bridgehead atoms. The lowest BCUT2D eigenvalue weighted by atomic mass is 10.2. The summed E-state index contributed by atoms with van der Waals surface area (Å²) >= 11 is 1.35. The average Bonchev–Trinajstić information content (AvgIpc) is 2.92. The zero-order chi connectivity index (χ0) is 15.5. The Kier molecular flexibility index (Phi) is 5.00. The number of amides is 1. The fraction of sp³-hybridized carbons (Fsp3) is 0.462. The Morgan fingerprint density at radius 1 is 1.38 bits per heavy atom. The SMILES string of the molecule is CS(=O)(=O)N1CCN(C(=O)c2csc(C#CCO)c2)CC1. The summed E-state index contributed by atoms with van der Waals surface area (Å²) in [7, 11) is -3.19. The van der Waals surface area contributed by atoms with Crippen LogP contribution in [0.3, 0.4) is 0 Å². The zero-order valence-electron chi connectivity index (χ0n) is 11.6. The molecule has 0 aromatic carbocycles. The lowest BCUT2D eigenvalue weighted by Gasteiger charge is -2.33. The van der Waals surface area contributed by atoms with Gasteiger partial charge in [-0.1, -0.05) is 11.8 Å². The number of hydrogen-bond acceptors (Lipinski definition) is 5. The first kappa shape index (κ1) is 16.0. The predicted molar refractivity (Wildman–Crippen MR) is 80.6 cm³/mol. The molecular weight excluding hydrogens is 312 g/mol. The summed E-state index contributed by atoms with van der Waals surface area (Å²) < 4.78 is 24.2. The maximum atomic E-state index is 12.3. The first-order chi connectivity index (χ1) is 9.91. The minimum atomic E-state index is -3.19. The van der Waals surface area contributed by atoms with E-state index < -0.39 is 10.0 Å². The average molecular weight is 328 g/mol. The Balaban J connectivity index is 2.00. The van der Waals surface area contributed by atoms with Gasteiger partial charge in [0.05, 0.1) is 16.7 Å². The molecule has 1 saturated heterocycles. The molecule has 0 saturated carbocycles. The van der Waals surface area contributed by atoms with Gasteiger partial charge in [-0.05, 0) is 6.07 Å². The van der Waals surface area contributed by atoms with Crippen LogP contribution in [-0.2, 0) is 10.0 Å². The first-order valence-corrected chi connectivity index (χ1v) is 9.07. The number of nitrogens with zero attached hydrogens (tertiary/aromatic N) is 2. The fourth-order valence-electron chi connectivity index (χ4n) is 2.05. The summed E-state index contributed by atoms with van der Waals surface area (Å²) in [6.07, 6.45) is 1.18. The van der Waals surface area contributed by atoms with Gasteiger partial charge in [0.1, 0.15) is 6.61 Å². The minimum Gasteiger partial charge on any atom is -0.384 e. The number of piperazine rings is 1. The van der Waals surface area contributed by atoms with Crippen LogP contribution in [0.25, 0.3) is 0 Å². The third kappa shape index (κ3) is 4.04. The van der Waals surface area contributed by atoms with E-state index in [1.54, 1.807) is 16.3 Å². The number of thiophene rings is 1. The highest BCUT2D eigenvalue weighted by molar-refractivity contribution is 7.88. The third-order valence-electron chi connectivity index (χ3n) is 3.13. The largest absolute Gasteiger partial charge is 0.384 e. The van der Waals surface area contributed by atoms with Crippen molar-refractivity contribution in [3.05, 3.63) is 21.9 Å². The van der Waals surface area contributed by atoms with Crippen molar-refractivity contribution in [2.24, 2.45) is 0 Å². The number of aliphatic hydroxyl groups is 1. The Hall–Kier alpha value is -1.40. The van der Waals surface area contributed by atoms with E-state index in [9.17, 15) is 13.2 Å². The van der Waals surface area contributed by atoms with Crippen LogP contribution in [0.1, 0.15) is 15.2 Å². The second-order valence-electron chi connectivity index (χ2n) is 4.61. The van der Waals surface area contributed by atoms with Gasteiger partial charge in [-0.25, -0.2) is 8.42 Å². The van der Waals surface area contributed by atoms with E-state index in [0.29, 0.717) is 31.7 Å². The summed E-state index contributed by atoms with van der Waals surface area (Å²) in [5.74, 6) is 5.18. The molecule has 1 aliphatic rings. The maximum absolute atomic E-state index is 12.3. The molecule has 2 rings (SSSR count). The van der Waals surface area contributed by atoms with E-state index in [-0.39, 0.29) is 12.5 Å². The molecule has 6 nitrogen and oxygen atoms in total. The number of rotatable bonds is 2. The molecule has 0 spiro atoms. The van der Waals surface area contributed by atoms with Crippen molar-refractivity contribution in [3.8, 4) is 11.8 Å². The molecule has 0 radical (unpaired) electrons. The van der Waals surface area contributed by atoms with Crippen LogP contribution in [0.4, 0.5) is 0 Å². The molecule has 1 aromatic heterocycles. The summed E-state index contributed by atoms with van der Waals surface area (Å²) in [5.41, 5.74) is 0.551. The second-order valence-corrected chi connectivity index (χ2v) is 7.51. The lowest BCUT2D eigenvalue weighted by molar-refractivity contribution is 0.0699. The quantitative estimate of drug-likeness (QED) is 0.763. The summed E-state index contributed by atoms with van der Waals surface area (Å²) in [5, 5.41) is 10.4. The molecule has 2 heterocycles. The van der Waals surface area contributed by atoms with E-state index in [2.05, 4.69) is 11.8 Å². The summed E-state index contributed by atoms with van der Waals surface area (Å²) in [4.78, 5) is 14.7. The van der Waals surface area contributed by atoms with Gasteiger partial charge in [-0.2, -0.15) is 4.31 Å². The van der Waals surface area contributed by atoms with Crippen molar-refractivity contribution in [2.75, 3.05) is 39.0 Å². The van der Waals surface area contributed by atoms with Crippen molar-refractivity contribution in [3.63, 3.8) is 0 Å². The van der Waals surface area contributed by atoms with Gasteiger partial charge in [0.25, 0.3) is 5.91 Å². The molecule has 1 aliphatic heterocycles. The van der Waals surface area contributed by atoms with E-state index in [1.807, 2.05) is 0 Å². The Labute approximate surface area is 128 Å². The Morgan fingerprint density at radius 2 is 2.05 bits per heavy atom. The Bertz CT molecular complexity index is 677. The number of carbonyl (C=O) groups is 1. The second kappa shape index (κ2) is 6.58. The first-order valence-electron chi connectivity index (χ1n) is 6.34. The van der Waals surface area contributed by atoms with E-state index in [1.165, 1.54) is 21.9 Å². The van der Waals surface area contributed by atoms with Gasteiger partial charge in [-0.3, -0.25) is 4.79 Å². The number of aliphatic hydroxyl groups excluding tert-OH is 1. The van der Waals surface area contributed by atoms with Crippen LogP contribution in [0.5, 0.6) is 0 Å². The minimum absolute atomic E-state index is 0.114. The highest BCUT2D eigenvalue weighted by Gasteiger charge is 2.26. The Morgan fingerprint density at radius 3 is 2.62 bits per heavy atom. The smallest absolute Gasteiger partial charge is 0.254 e. The number of hydrogen-bond donors (Lipinski definition) is 1. The van der Waals surface area contributed by atoms with Crippen molar-refractivity contribution >= 4 is 27.3 Å². The van der Waals surface area contributed by atoms with E-state index in [4.69, 9.17) is 5.11 Å². The molecule has 21 heavy (non-hydrogen) atoms. The normalized spacial score (nSPS) is 16.4. The van der Waals surface area contributed by atoms with Crippen LogP contribution >= 0.6 is 11.3 Å². The molecule has 114 valence electrons. The molecule has 1 fully saturated rings. The van der Waals surface area contributed by atoms with Gasteiger partial charge in [0, 0.05) is 31.6 Å². The lowest BCUT2D eigenvalue weighted by Crippen LogP contribution is -2.50. The molecule has 8 heteroatoms. The fourth-order valence-corrected chi connectivity index (χ4v) is 3.62. The monoisotopic (exact) mass is 328 g/mol. The predicted octanol–water partition coefficient (Wildman–Crippen LogP) is -0.191. The molecule has 0 atom stereocenters. The van der Waals surface area contributed by atoms with Gasteiger partial charge >= 0.3 is 0 Å². The molecule has 1 N–H and O–H groups in total. The van der Waals surface area contributed by atoms with Gasteiger partial charge in [0.15, 0.2) is 0 Å². The van der Waals surface area contributed by atoms with Crippen molar-refractivity contribution in [1.29, 1.82) is 0 Å². The molecule has 0 aliphatic carbocycles. The molecular formula is C13H16N2O4S2. The third-order valence-corrected chi connectivity index (χ3v) is 5.28. The van der Waals surface area contributed by atoms with E-state index >= 15 is 0 Å². The van der Waals surface area contributed by atoms with E-state index in [0.717, 1.165) is 4.88 Å². The molecule has 0 unspecified atom stereocenters. The summed E-state index contributed by atoms with van der Waals surface area (Å²) in [6.45, 7) is 1.21. The number of carbonyl (C=O) groups excluding carboxylic acids is 1. The van der Waals surface area contributed by atoms with Crippen molar-refractivity contribution in [2.45, 2.75) is 0 Å². The number of sulfonamides is 1. The highest BCUT2D eigenvalue weighted by atomic mass is 32.2. The molecule has 1 amide bonds. The maximum Gasteiger partial charge on any atom is 0.254 e. The van der Waals surface area contributed by atoms with Crippen molar-refractivity contribution < 1.29 is 18.3 Å². The topological polar surface area (TPSA) is 77.9 Å². The molecule has 1 aromatic rings. The van der Waals surface area contributed by atoms with Crippen LogP contribution in [-0.4, -0.2) is 67.7 Å². The van der Waals surface area contributed by atoms with Gasteiger partial charge < -0.3 is 10.0 Å². The standard InChI is InChI=1S/C13H16N2O4S2/c1-21(18,19)15-6-4-14(5-7-15)13(17)11-9-12(20-10-11)3-2-8-16/h9-10,16H,4-8H2,1H3. The van der Waals surface area contributed by atoms with Gasteiger partial charge in [0.2, 0.25) is 10.0 Å². The van der Waals surface area contributed by atoms with Crippen LogP contribution < -0.4 is 0 Å². The zero-order valence-corrected chi connectivity index (χ0v) is 13.2. The summed E-state index contributed by atoms with van der Waals surface area (Å²) in [6, 6.07) is 1.69. The van der Waals surface area contributed by atoms with Crippen molar-refractivity contribution in [1.82, 2.24) is 9.21 Å². The van der Waals surface area contributed by atoms with Gasteiger partial charge in [-0.15, -0.1) is 11.3 Å². The highest BCUT2D eigenvalue weighted by Crippen LogP contribution is 2.17. The van der Waals surface area contributed by atoms with Crippen LogP contribution in [0.15, 0.2) is 11.4 Å². The van der Waals surface area contributed by atoms with Crippen LogP contribution in [0.2, 0.25) is 0 Å². The van der Waals surface area contributed by atoms with Crippen LogP contribution in [0, 0.1) is 11.8 Å².